The van der Waals surface area contributed by atoms with Gasteiger partial charge in [-0.25, -0.2) is 0 Å². The van der Waals surface area contributed by atoms with E-state index in [2.05, 4.69) is 48.0 Å². The molecule has 1 aromatic carbocycles. The number of nitrogens with one attached hydrogen (secondary N) is 1. The lowest BCUT2D eigenvalue weighted by Gasteiger charge is -2.37. The predicted octanol–water partition coefficient (Wildman–Crippen LogP) is 3.55. The molecule has 1 N–H and O–H groups in total. The molecule has 1 aliphatic heterocycles. The van der Waals surface area contributed by atoms with E-state index in [1.807, 2.05) is 11.8 Å². The van der Waals surface area contributed by atoms with E-state index in [0.717, 1.165) is 39.1 Å². The molecule has 0 radical (unpaired) electrons. The van der Waals surface area contributed by atoms with Gasteiger partial charge in [0.1, 0.15) is 0 Å². The first-order valence-corrected chi connectivity index (χ1v) is 10.3. The van der Waals surface area contributed by atoms with Crippen molar-refractivity contribution in [1.29, 1.82) is 0 Å². The summed E-state index contributed by atoms with van der Waals surface area (Å²) in [5.41, 5.74) is 3.76. The van der Waals surface area contributed by atoms with E-state index in [1.54, 1.807) is 11.3 Å². The molecule has 1 aliphatic rings. The van der Waals surface area contributed by atoms with Crippen molar-refractivity contribution >= 4 is 17.2 Å². The number of hydrogen-bond acceptors (Lipinski definition) is 4. The molecule has 1 unspecified atom stereocenters. The molecule has 2 heterocycles. The topological polar surface area (TPSA) is 41.6 Å². The van der Waals surface area contributed by atoms with Crippen molar-refractivity contribution in [3.63, 3.8) is 0 Å². The van der Waals surface area contributed by atoms with Gasteiger partial charge in [-0.15, -0.1) is 11.3 Å². The molecule has 0 spiro atoms. The molecule has 3 rings (SSSR count). The third kappa shape index (κ3) is 4.34. The van der Waals surface area contributed by atoms with E-state index < -0.39 is 0 Å². The van der Waals surface area contributed by atoms with Crippen LogP contribution in [0.25, 0.3) is 0 Å². The fourth-order valence-electron chi connectivity index (χ4n) is 3.55. The Hall–Kier alpha value is -1.69. The first-order chi connectivity index (χ1) is 12.7. The highest BCUT2D eigenvalue weighted by atomic mass is 32.1. The van der Waals surface area contributed by atoms with Gasteiger partial charge >= 0.3 is 0 Å². The maximum atomic E-state index is 12.9. The average molecular weight is 373 g/mol. The first kappa shape index (κ1) is 19.1. The van der Waals surface area contributed by atoms with E-state index in [4.69, 9.17) is 4.74 Å². The zero-order chi connectivity index (χ0) is 18.4. The number of carbonyl (C=O) groups is 1. The molecule has 2 aromatic rings. The second-order valence-corrected chi connectivity index (χ2v) is 7.62. The maximum absolute atomic E-state index is 12.9. The summed E-state index contributed by atoms with van der Waals surface area (Å²) in [5.74, 6) is 0.173. The summed E-state index contributed by atoms with van der Waals surface area (Å²) < 4.78 is 5.34. The van der Waals surface area contributed by atoms with Gasteiger partial charge in [0.05, 0.1) is 12.6 Å². The Labute approximate surface area is 160 Å². The summed E-state index contributed by atoms with van der Waals surface area (Å²) in [6.45, 7) is 7.58. The van der Waals surface area contributed by atoms with Crippen LogP contribution >= 0.6 is 11.3 Å². The molecule has 0 saturated heterocycles. The summed E-state index contributed by atoms with van der Waals surface area (Å²) in [7, 11) is 0. The number of amides is 1. The summed E-state index contributed by atoms with van der Waals surface area (Å²) in [6, 6.07) is 10.6. The molecule has 26 heavy (non-hydrogen) atoms. The van der Waals surface area contributed by atoms with Crippen LogP contribution in [0.3, 0.4) is 0 Å². The van der Waals surface area contributed by atoms with E-state index in [0.29, 0.717) is 6.54 Å². The number of carbonyl (C=O) groups excluding carboxylic acids is 1. The van der Waals surface area contributed by atoms with Gasteiger partial charge in [-0.05, 0) is 61.4 Å². The van der Waals surface area contributed by atoms with Gasteiger partial charge < -0.3 is 15.0 Å². The highest BCUT2D eigenvalue weighted by Crippen LogP contribution is 2.38. The Morgan fingerprint density at radius 2 is 2.15 bits per heavy atom. The van der Waals surface area contributed by atoms with Crippen molar-refractivity contribution in [3.8, 4) is 0 Å². The minimum Gasteiger partial charge on any atom is -0.382 e. The number of thiophene rings is 1. The third-order valence-electron chi connectivity index (χ3n) is 4.89. The zero-order valence-corrected chi connectivity index (χ0v) is 16.5. The van der Waals surface area contributed by atoms with Gasteiger partial charge in [0.15, 0.2) is 0 Å². The fourth-order valence-corrected chi connectivity index (χ4v) is 4.46. The second-order valence-electron chi connectivity index (χ2n) is 6.62. The highest BCUT2D eigenvalue weighted by Gasteiger charge is 2.33. The van der Waals surface area contributed by atoms with Crippen LogP contribution in [-0.4, -0.2) is 43.7 Å². The lowest BCUT2D eigenvalue weighted by molar-refractivity contribution is -0.132. The number of hydrogen-bond donors (Lipinski definition) is 1. The van der Waals surface area contributed by atoms with Gasteiger partial charge in [-0.1, -0.05) is 24.3 Å². The zero-order valence-electron chi connectivity index (χ0n) is 15.7. The summed E-state index contributed by atoms with van der Waals surface area (Å²) in [6.07, 6.45) is 1.88. The minimum atomic E-state index is 0.0314. The van der Waals surface area contributed by atoms with Gasteiger partial charge in [0.25, 0.3) is 0 Å². The van der Waals surface area contributed by atoms with Crippen molar-refractivity contribution in [2.24, 2.45) is 0 Å². The minimum absolute atomic E-state index is 0.0314. The molecule has 1 amide bonds. The summed E-state index contributed by atoms with van der Waals surface area (Å²) >= 11 is 1.80. The molecule has 140 valence electrons. The van der Waals surface area contributed by atoms with Crippen LogP contribution in [0.2, 0.25) is 0 Å². The largest absolute Gasteiger partial charge is 0.382 e. The molecule has 0 fully saturated rings. The van der Waals surface area contributed by atoms with Crippen LogP contribution < -0.4 is 5.32 Å². The number of aryl methyl sites for hydroxylation is 1. The number of ether oxygens (including phenoxy) is 1. The summed E-state index contributed by atoms with van der Waals surface area (Å²) in [5, 5.41) is 5.43. The molecule has 0 aliphatic carbocycles. The van der Waals surface area contributed by atoms with Crippen LogP contribution in [0.5, 0.6) is 0 Å². The van der Waals surface area contributed by atoms with Gasteiger partial charge in [0.2, 0.25) is 5.91 Å². The molecule has 0 bridgehead atoms. The quantitative estimate of drug-likeness (QED) is 0.721. The van der Waals surface area contributed by atoms with Crippen LogP contribution in [0.1, 0.15) is 41.0 Å². The lowest BCUT2D eigenvalue weighted by atomic mass is 9.90. The molecular weight excluding hydrogens is 344 g/mol. The molecule has 0 saturated carbocycles. The van der Waals surface area contributed by atoms with Crippen LogP contribution in [0, 0.1) is 6.92 Å². The Balaban J connectivity index is 1.71. The van der Waals surface area contributed by atoms with Crippen molar-refractivity contribution in [3.05, 3.63) is 57.3 Å². The molecule has 1 aromatic heterocycles. The number of rotatable bonds is 8. The van der Waals surface area contributed by atoms with Gasteiger partial charge in [-0.2, -0.15) is 0 Å². The number of fused-ring (bicyclic) bond motifs is 1. The molecule has 5 heteroatoms. The SMILES string of the molecule is CCOCCCNCC(=O)N1CCc2sccc2C1c1ccccc1C. The molecule has 1 atom stereocenters. The fraction of sp³-hybridized carbons (Fsp3) is 0.476. The van der Waals surface area contributed by atoms with Crippen molar-refractivity contribution in [2.75, 3.05) is 32.8 Å². The van der Waals surface area contributed by atoms with Crippen molar-refractivity contribution in [2.45, 2.75) is 32.7 Å². The normalized spacial score (nSPS) is 16.5. The Bertz CT molecular complexity index is 728. The van der Waals surface area contributed by atoms with Crippen LogP contribution in [0.4, 0.5) is 0 Å². The van der Waals surface area contributed by atoms with E-state index in [-0.39, 0.29) is 11.9 Å². The lowest BCUT2D eigenvalue weighted by Crippen LogP contribution is -2.44. The molecule has 4 nitrogen and oxygen atoms in total. The Morgan fingerprint density at radius 1 is 1.31 bits per heavy atom. The van der Waals surface area contributed by atoms with Gasteiger partial charge in [0, 0.05) is 24.6 Å². The summed E-state index contributed by atoms with van der Waals surface area (Å²) in [4.78, 5) is 16.4. The van der Waals surface area contributed by atoms with E-state index >= 15 is 0 Å². The smallest absolute Gasteiger partial charge is 0.237 e. The van der Waals surface area contributed by atoms with Crippen molar-refractivity contribution < 1.29 is 9.53 Å². The molecular formula is C21H28N2O2S. The number of benzene rings is 1. The van der Waals surface area contributed by atoms with E-state index in [1.165, 1.54) is 21.6 Å². The monoisotopic (exact) mass is 372 g/mol. The Morgan fingerprint density at radius 3 is 2.96 bits per heavy atom. The first-order valence-electron chi connectivity index (χ1n) is 9.42. The van der Waals surface area contributed by atoms with E-state index in [9.17, 15) is 4.79 Å². The predicted molar refractivity (Wildman–Crippen MR) is 107 cm³/mol. The second kappa shape index (κ2) is 9.31. The van der Waals surface area contributed by atoms with Crippen LogP contribution in [-0.2, 0) is 16.0 Å². The van der Waals surface area contributed by atoms with Crippen molar-refractivity contribution in [1.82, 2.24) is 10.2 Å². The average Bonchev–Trinajstić information content (AvgIpc) is 3.13. The Kier molecular flexibility index (Phi) is 6.83. The van der Waals surface area contributed by atoms with Crippen LogP contribution in [0.15, 0.2) is 35.7 Å². The third-order valence-corrected chi connectivity index (χ3v) is 5.89. The van der Waals surface area contributed by atoms with Gasteiger partial charge in [-0.3, -0.25) is 4.79 Å². The highest BCUT2D eigenvalue weighted by molar-refractivity contribution is 7.10. The standard InChI is InChI=1S/C21H28N2O2S/c1-3-25-13-6-11-22-15-20(24)23-12-9-19-18(10-14-26-19)21(23)17-8-5-4-7-16(17)2/h4-5,7-8,10,14,21-22H,3,6,9,11-13,15H2,1-2H3. The maximum Gasteiger partial charge on any atom is 0.237 e. The number of nitrogens with zero attached hydrogens (tertiary/aromatic N) is 1.